The van der Waals surface area contributed by atoms with Crippen LogP contribution in [0.4, 0.5) is 0 Å². The highest BCUT2D eigenvalue weighted by molar-refractivity contribution is 5.81. The SMILES string of the molecule is COCCCOc1cc(CN(C(=O)[C@@H]2CNC[C@@H](NC(=O)C3CCC3)C2)C2CC2)ccc1C. The molecule has 0 spiro atoms. The monoisotopic (exact) mass is 457 g/mol. The van der Waals surface area contributed by atoms with E-state index in [0.717, 1.165) is 68.4 Å². The molecular weight excluding hydrogens is 418 g/mol. The van der Waals surface area contributed by atoms with E-state index in [1.807, 2.05) is 6.92 Å². The predicted octanol–water partition coefficient (Wildman–Crippen LogP) is 2.80. The lowest BCUT2D eigenvalue weighted by molar-refractivity contribution is -0.138. The van der Waals surface area contributed by atoms with E-state index < -0.39 is 0 Å². The molecule has 1 aliphatic heterocycles. The molecule has 1 aromatic carbocycles. The van der Waals surface area contributed by atoms with Crippen LogP contribution in [0.3, 0.4) is 0 Å². The van der Waals surface area contributed by atoms with Gasteiger partial charge in [-0.15, -0.1) is 0 Å². The summed E-state index contributed by atoms with van der Waals surface area (Å²) in [4.78, 5) is 28.0. The Hall–Kier alpha value is -2.12. The number of benzene rings is 1. The first-order valence-electron chi connectivity index (χ1n) is 12.6. The quantitative estimate of drug-likeness (QED) is 0.500. The van der Waals surface area contributed by atoms with Crippen LogP contribution in [0.2, 0.25) is 0 Å². The van der Waals surface area contributed by atoms with Crippen molar-refractivity contribution in [1.82, 2.24) is 15.5 Å². The van der Waals surface area contributed by atoms with Crippen LogP contribution < -0.4 is 15.4 Å². The van der Waals surface area contributed by atoms with Gasteiger partial charge in [0.1, 0.15) is 5.75 Å². The Balaban J connectivity index is 1.36. The summed E-state index contributed by atoms with van der Waals surface area (Å²) in [6.07, 6.45) is 6.85. The van der Waals surface area contributed by atoms with Crippen LogP contribution in [0.1, 0.15) is 56.1 Å². The number of nitrogens with one attached hydrogen (secondary N) is 2. The molecule has 0 aromatic heterocycles. The van der Waals surface area contributed by atoms with E-state index in [4.69, 9.17) is 9.47 Å². The molecule has 33 heavy (non-hydrogen) atoms. The van der Waals surface area contributed by atoms with Crippen LogP contribution in [0.15, 0.2) is 18.2 Å². The number of amides is 2. The Bertz CT molecular complexity index is 822. The number of nitrogens with zero attached hydrogens (tertiary/aromatic N) is 1. The first kappa shape index (κ1) is 24.0. The minimum Gasteiger partial charge on any atom is -0.493 e. The van der Waals surface area contributed by atoms with E-state index in [1.54, 1.807) is 7.11 Å². The van der Waals surface area contributed by atoms with Crippen molar-refractivity contribution < 1.29 is 19.1 Å². The van der Waals surface area contributed by atoms with Gasteiger partial charge in [-0.05, 0) is 56.2 Å². The zero-order valence-corrected chi connectivity index (χ0v) is 20.1. The Morgan fingerprint density at radius 3 is 2.64 bits per heavy atom. The Kier molecular flexibility index (Phi) is 8.25. The van der Waals surface area contributed by atoms with E-state index in [2.05, 4.69) is 33.7 Å². The minimum absolute atomic E-state index is 0.0355. The highest BCUT2D eigenvalue weighted by Gasteiger charge is 2.38. The molecule has 4 rings (SSSR count). The molecule has 2 aliphatic carbocycles. The van der Waals surface area contributed by atoms with E-state index >= 15 is 0 Å². The summed E-state index contributed by atoms with van der Waals surface area (Å²) < 4.78 is 11.1. The first-order chi connectivity index (χ1) is 16.0. The number of carbonyl (C=O) groups is 2. The fourth-order valence-corrected chi connectivity index (χ4v) is 4.72. The lowest BCUT2D eigenvalue weighted by Gasteiger charge is -2.35. The highest BCUT2D eigenvalue weighted by Crippen LogP contribution is 2.32. The van der Waals surface area contributed by atoms with Gasteiger partial charge in [0.05, 0.1) is 12.5 Å². The van der Waals surface area contributed by atoms with Crippen molar-refractivity contribution in [2.24, 2.45) is 11.8 Å². The Morgan fingerprint density at radius 1 is 1.12 bits per heavy atom. The van der Waals surface area contributed by atoms with E-state index in [9.17, 15) is 9.59 Å². The summed E-state index contributed by atoms with van der Waals surface area (Å²) in [7, 11) is 1.70. The normalized spacial score (nSPS) is 23.0. The summed E-state index contributed by atoms with van der Waals surface area (Å²) in [5.74, 6) is 1.33. The molecule has 0 bridgehead atoms. The van der Waals surface area contributed by atoms with Gasteiger partial charge in [0.15, 0.2) is 0 Å². The van der Waals surface area contributed by atoms with Crippen molar-refractivity contribution in [3.63, 3.8) is 0 Å². The molecule has 1 heterocycles. The third-order valence-electron chi connectivity index (χ3n) is 7.15. The number of aryl methyl sites for hydroxylation is 1. The van der Waals surface area contributed by atoms with Crippen molar-refractivity contribution in [3.8, 4) is 5.75 Å². The molecule has 0 radical (unpaired) electrons. The maximum absolute atomic E-state index is 13.5. The van der Waals surface area contributed by atoms with Gasteiger partial charge in [0, 0.05) is 57.8 Å². The number of piperidine rings is 1. The summed E-state index contributed by atoms with van der Waals surface area (Å²) in [6.45, 7) is 5.37. The molecule has 2 atom stereocenters. The van der Waals surface area contributed by atoms with Crippen LogP contribution >= 0.6 is 0 Å². The van der Waals surface area contributed by atoms with Gasteiger partial charge >= 0.3 is 0 Å². The van der Waals surface area contributed by atoms with Gasteiger partial charge in [-0.2, -0.15) is 0 Å². The lowest BCUT2D eigenvalue weighted by Crippen LogP contribution is -2.54. The second-order valence-corrected chi connectivity index (χ2v) is 9.92. The van der Waals surface area contributed by atoms with Gasteiger partial charge in [-0.3, -0.25) is 9.59 Å². The van der Waals surface area contributed by atoms with Crippen LogP contribution in [0.25, 0.3) is 0 Å². The Morgan fingerprint density at radius 2 is 1.94 bits per heavy atom. The maximum atomic E-state index is 13.5. The fourth-order valence-electron chi connectivity index (χ4n) is 4.72. The molecule has 1 aromatic rings. The van der Waals surface area contributed by atoms with E-state index in [1.165, 1.54) is 0 Å². The van der Waals surface area contributed by atoms with Crippen molar-refractivity contribution in [2.45, 2.75) is 70.5 Å². The topological polar surface area (TPSA) is 79.9 Å². The molecule has 2 saturated carbocycles. The van der Waals surface area contributed by atoms with Crippen LogP contribution in [0.5, 0.6) is 5.75 Å². The number of carbonyl (C=O) groups excluding carboxylic acids is 2. The molecule has 182 valence electrons. The summed E-state index contributed by atoms with van der Waals surface area (Å²) >= 11 is 0. The minimum atomic E-state index is -0.0961. The van der Waals surface area contributed by atoms with Gasteiger partial charge in [0.25, 0.3) is 0 Å². The van der Waals surface area contributed by atoms with Crippen molar-refractivity contribution >= 4 is 11.8 Å². The zero-order valence-electron chi connectivity index (χ0n) is 20.1. The van der Waals surface area contributed by atoms with E-state index in [-0.39, 0.29) is 29.7 Å². The van der Waals surface area contributed by atoms with Crippen molar-refractivity contribution in [1.29, 1.82) is 0 Å². The number of methoxy groups -OCH3 is 1. The predicted molar refractivity (Wildman–Crippen MR) is 127 cm³/mol. The van der Waals surface area contributed by atoms with Crippen molar-refractivity contribution in [2.75, 3.05) is 33.4 Å². The average molecular weight is 458 g/mol. The van der Waals surface area contributed by atoms with Crippen LogP contribution in [0, 0.1) is 18.8 Å². The largest absolute Gasteiger partial charge is 0.493 e. The van der Waals surface area contributed by atoms with Crippen LogP contribution in [-0.2, 0) is 20.9 Å². The van der Waals surface area contributed by atoms with E-state index in [0.29, 0.717) is 32.3 Å². The molecular formula is C26H39N3O4. The molecule has 7 heteroatoms. The van der Waals surface area contributed by atoms with Crippen LogP contribution in [-0.4, -0.2) is 62.2 Å². The second-order valence-electron chi connectivity index (χ2n) is 9.92. The first-order valence-corrected chi connectivity index (χ1v) is 12.6. The summed E-state index contributed by atoms with van der Waals surface area (Å²) in [5, 5.41) is 6.57. The van der Waals surface area contributed by atoms with Gasteiger partial charge in [0.2, 0.25) is 11.8 Å². The standard InChI is InChI=1S/C26H39N3O4/c1-18-7-8-19(13-24(18)33-12-4-11-32-2)17-29(23-9-10-23)26(31)21-14-22(16-27-15-21)28-25(30)20-5-3-6-20/h7-8,13,20-23,27H,3-6,9-12,14-17H2,1-2H3,(H,28,30)/t21-,22-/m0/s1. The number of hydrogen-bond acceptors (Lipinski definition) is 5. The lowest BCUT2D eigenvalue weighted by atomic mass is 9.84. The van der Waals surface area contributed by atoms with Gasteiger partial charge < -0.3 is 25.0 Å². The Labute approximate surface area is 197 Å². The molecule has 0 unspecified atom stereocenters. The average Bonchev–Trinajstić information content (AvgIpc) is 3.60. The zero-order chi connectivity index (χ0) is 23.2. The molecule has 3 fully saturated rings. The smallest absolute Gasteiger partial charge is 0.227 e. The molecule has 3 aliphatic rings. The maximum Gasteiger partial charge on any atom is 0.227 e. The van der Waals surface area contributed by atoms with Gasteiger partial charge in [-0.1, -0.05) is 18.6 Å². The third kappa shape index (κ3) is 6.48. The fraction of sp³-hybridized carbons (Fsp3) is 0.692. The number of rotatable bonds is 11. The molecule has 2 amide bonds. The summed E-state index contributed by atoms with van der Waals surface area (Å²) in [6, 6.07) is 6.61. The molecule has 2 N–H and O–H groups in total. The third-order valence-corrected chi connectivity index (χ3v) is 7.15. The van der Waals surface area contributed by atoms with Crippen molar-refractivity contribution in [3.05, 3.63) is 29.3 Å². The highest BCUT2D eigenvalue weighted by atomic mass is 16.5. The molecule has 7 nitrogen and oxygen atoms in total. The molecule has 1 saturated heterocycles. The summed E-state index contributed by atoms with van der Waals surface area (Å²) in [5.41, 5.74) is 2.20. The number of ether oxygens (including phenoxy) is 2. The second kappa shape index (κ2) is 11.3. The number of hydrogen-bond donors (Lipinski definition) is 2. The van der Waals surface area contributed by atoms with Gasteiger partial charge in [-0.25, -0.2) is 0 Å².